The van der Waals surface area contributed by atoms with Crippen molar-refractivity contribution in [1.82, 2.24) is 14.9 Å². The molecule has 1 amide bonds. The smallest absolute Gasteiger partial charge is 0.253 e. The molecule has 2 aromatic carbocycles. The van der Waals surface area contributed by atoms with Crippen LogP contribution in [0.1, 0.15) is 70.7 Å². The van der Waals surface area contributed by atoms with Crippen molar-refractivity contribution < 1.29 is 9.53 Å². The van der Waals surface area contributed by atoms with Gasteiger partial charge >= 0.3 is 0 Å². The molecule has 1 aliphatic rings. The van der Waals surface area contributed by atoms with E-state index in [1.807, 2.05) is 47.8 Å². The molecule has 4 aromatic rings. The fraction of sp³-hybridized carbons (Fsp3) is 0.310. The second kappa shape index (κ2) is 8.64. The molecule has 0 fully saturated rings. The number of fused-ring (bicyclic) bond motifs is 2. The lowest BCUT2D eigenvalue weighted by atomic mass is 9.95. The van der Waals surface area contributed by atoms with E-state index in [-0.39, 0.29) is 17.9 Å². The van der Waals surface area contributed by atoms with Crippen LogP contribution >= 0.6 is 0 Å². The van der Waals surface area contributed by atoms with E-state index in [9.17, 15) is 4.79 Å². The first-order valence-electron chi connectivity index (χ1n) is 12.0. The number of carbonyl (C=O) groups is 1. The van der Waals surface area contributed by atoms with Crippen molar-refractivity contribution in [3.05, 3.63) is 88.2 Å². The number of hydrogen-bond acceptors (Lipinski definition) is 3. The summed E-state index contributed by atoms with van der Waals surface area (Å²) in [6.45, 7) is 11.2. The summed E-state index contributed by atoms with van der Waals surface area (Å²) in [7, 11) is 0. The summed E-state index contributed by atoms with van der Waals surface area (Å²) in [5, 5.41) is 8.18. The Morgan fingerprint density at radius 1 is 1.06 bits per heavy atom. The minimum atomic E-state index is -0.0752. The van der Waals surface area contributed by atoms with Crippen LogP contribution < -0.4 is 10.1 Å². The number of carbonyl (C=O) groups excluding carboxylic acids is 1. The van der Waals surface area contributed by atoms with Gasteiger partial charge in [0.2, 0.25) is 0 Å². The number of amides is 1. The fourth-order valence-electron chi connectivity index (χ4n) is 5.07. The number of benzene rings is 2. The van der Waals surface area contributed by atoms with Gasteiger partial charge in [0.25, 0.3) is 5.91 Å². The van der Waals surface area contributed by atoms with Crippen LogP contribution in [0.25, 0.3) is 16.6 Å². The average Bonchev–Trinajstić information content (AvgIpc) is 3.15. The molecule has 0 saturated carbocycles. The second-order valence-electron chi connectivity index (χ2n) is 9.49. The first-order chi connectivity index (χ1) is 16.4. The molecule has 1 N–H and O–H groups in total. The minimum absolute atomic E-state index is 0.0713. The topological polar surface area (TPSA) is 55.6 Å². The molecule has 0 radical (unpaired) electrons. The van der Waals surface area contributed by atoms with Gasteiger partial charge in [0.1, 0.15) is 5.75 Å². The van der Waals surface area contributed by atoms with Crippen molar-refractivity contribution in [2.75, 3.05) is 6.61 Å². The van der Waals surface area contributed by atoms with Crippen molar-refractivity contribution in [2.24, 2.45) is 0 Å². The molecule has 0 unspecified atom stereocenters. The van der Waals surface area contributed by atoms with Gasteiger partial charge in [-0.05, 0) is 61.6 Å². The number of hydrogen-bond donors (Lipinski definition) is 1. The van der Waals surface area contributed by atoms with Gasteiger partial charge in [0, 0.05) is 17.5 Å². The predicted molar refractivity (Wildman–Crippen MR) is 136 cm³/mol. The van der Waals surface area contributed by atoms with Gasteiger partial charge < -0.3 is 10.1 Å². The van der Waals surface area contributed by atoms with E-state index in [1.54, 1.807) is 0 Å². The van der Waals surface area contributed by atoms with Gasteiger partial charge in [-0.3, -0.25) is 4.79 Å². The second-order valence-corrected chi connectivity index (χ2v) is 9.49. The Morgan fingerprint density at radius 2 is 1.85 bits per heavy atom. The number of aryl methyl sites for hydroxylation is 2. The van der Waals surface area contributed by atoms with E-state index in [2.05, 4.69) is 51.2 Å². The van der Waals surface area contributed by atoms with Crippen LogP contribution in [-0.4, -0.2) is 22.1 Å². The molecule has 5 heteroatoms. The maximum absolute atomic E-state index is 13.6. The molecule has 0 aliphatic carbocycles. The van der Waals surface area contributed by atoms with Crippen molar-refractivity contribution >= 4 is 11.4 Å². The Labute approximate surface area is 200 Å². The highest BCUT2D eigenvalue weighted by atomic mass is 16.5. The number of rotatable bonds is 4. The maximum Gasteiger partial charge on any atom is 0.253 e. The molecule has 174 valence electrons. The number of nitrogens with zero attached hydrogens (tertiary/aromatic N) is 2. The van der Waals surface area contributed by atoms with Crippen LogP contribution in [0.2, 0.25) is 0 Å². The van der Waals surface area contributed by atoms with Crippen LogP contribution in [-0.2, 0) is 0 Å². The van der Waals surface area contributed by atoms with Gasteiger partial charge in [-0.1, -0.05) is 50.2 Å². The van der Waals surface area contributed by atoms with Gasteiger partial charge in [0.15, 0.2) is 0 Å². The van der Waals surface area contributed by atoms with Crippen LogP contribution in [0.4, 0.5) is 0 Å². The van der Waals surface area contributed by atoms with Crippen LogP contribution in [0, 0.1) is 20.8 Å². The minimum Gasteiger partial charge on any atom is -0.493 e. The Kier molecular flexibility index (Phi) is 5.64. The molecule has 0 saturated heterocycles. The van der Waals surface area contributed by atoms with Gasteiger partial charge in [-0.15, -0.1) is 0 Å². The number of ether oxygens (including phenoxy) is 1. The third-order valence-corrected chi connectivity index (χ3v) is 6.94. The number of pyridine rings is 1. The molecule has 1 atom stereocenters. The lowest BCUT2D eigenvalue weighted by Gasteiger charge is -2.27. The van der Waals surface area contributed by atoms with Crippen LogP contribution in [0.5, 0.6) is 5.75 Å². The van der Waals surface area contributed by atoms with E-state index >= 15 is 0 Å². The molecule has 5 nitrogen and oxygen atoms in total. The zero-order valence-electron chi connectivity index (χ0n) is 20.5. The third-order valence-electron chi connectivity index (χ3n) is 6.94. The standard InChI is InChI=1S/C29H31N3O2/c1-17(2)28-23(29(33)30-24-15-16-34-26-12-7-6-10-22(24)26)13-14-25-27(20(5)31-32(25)28)21-11-8-9-18(3)19(21)4/h6-14,17,24H,15-16H2,1-5H3,(H,30,33)/t24-/m0/s1. The molecule has 1 aliphatic heterocycles. The van der Waals surface area contributed by atoms with E-state index in [1.165, 1.54) is 16.7 Å². The van der Waals surface area contributed by atoms with Gasteiger partial charge in [0.05, 0.1) is 35.1 Å². The van der Waals surface area contributed by atoms with E-state index in [4.69, 9.17) is 9.84 Å². The van der Waals surface area contributed by atoms with Crippen molar-refractivity contribution in [3.8, 4) is 16.9 Å². The maximum atomic E-state index is 13.6. The average molecular weight is 454 g/mol. The summed E-state index contributed by atoms with van der Waals surface area (Å²) < 4.78 is 7.75. The van der Waals surface area contributed by atoms with Crippen molar-refractivity contribution in [1.29, 1.82) is 0 Å². The summed E-state index contributed by atoms with van der Waals surface area (Å²) >= 11 is 0. The summed E-state index contributed by atoms with van der Waals surface area (Å²) in [4.78, 5) is 13.6. The monoisotopic (exact) mass is 453 g/mol. The summed E-state index contributed by atoms with van der Waals surface area (Å²) in [5.74, 6) is 0.894. The molecule has 0 bridgehead atoms. The summed E-state index contributed by atoms with van der Waals surface area (Å²) in [6.07, 6.45) is 0.750. The molecule has 0 spiro atoms. The molecule has 3 heterocycles. The zero-order chi connectivity index (χ0) is 24.0. The lowest BCUT2D eigenvalue weighted by molar-refractivity contribution is 0.0922. The van der Waals surface area contributed by atoms with Gasteiger partial charge in [-0.2, -0.15) is 5.10 Å². The Bertz CT molecular complexity index is 1400. The fourth-order valence-corrected chi connectivity index (χ4v) is 5.07. The zero-order valence-corrected chi connectivity index (χ0v) is 20.5. The van der Waals surface area contributed by atoms with E-state index in [0.29, 0.717) is 12.2 Å². The largest absolute Gasteiger partial charge is 0.493 e. The first kappa shape index (κ1) is 22.2. The molecular formula is C29H31N3O2. The molecule has 5 rings (SSSR count). The number of nitrogens with one attached hydrogen (secondary N) is 1. The highest BCUT2D eigenvalue weighted by Crippen LogP contribution is 2.35. The molecule has 2 aromatic heterocycles. The normalized spacial score (nSPS) is 15.3. The number of para-hydroxylation sites is 1. The highest BCUT2D eigenvalue weighted by molar-refractivity contribution is 5.97. The summed E-state index contributed by atoms with van der Waals surface area (Å²) in [5.41, 5.74) is 9.46. The van der Waals surface area contributed by atoms with Crippen molar-refractivity contribution in [3.63, 3.8) is 0 Å². The quantitative estimate of drug-likeness (QED) is 0.394. The Hall–Kier alpha value is -3.60. The van der Waals surface area contributed by atoms with Crippen molar-refractivity contribution in [2.45, 2.75) is 53.0 Å². The van der Waals surface area contributed by atoms with E-state index in [0.717, 1.165) is 40.2 Å². The number of aromatic nitrogens is 2. The molecular weight excluding hydrogens is 422 g/mol. The Balaban J connectivity index is 1.59. The predicted octanol–water partition coefficient (Wildman–Crippen LogP) is 6.30. The first-order valence-corrected chi connectivity index (χ1v) is 12.0. The van der Waals surface area contributed by atoms with Gasteiger partial charge in [-0.25, -0.2) is 4.52 Å². The SMILES string of the molecule is Cc1cccc(-c2c(C)nn3c(C(C)C)c(C(=O)N[C@H]4CCOc5ccccc54)ccc23)c1C. The highest BCUT2D eigenvalue weighted by Gasteiger charge is 2.26. The molecule has 34 heavy (non-hydrogen) atoms. The summed E-state index contributed by atoms with van der Waals surface area (Å²) in [6, 6.07) is 18.2. The van der Waals surface area contributed by atoms with E-state index < -0.39 is 0 Å². The Morgan fingerprint density at radius 3 is 2.65 bits per heavy atom. The third kappa shape index (κ3) is 3.65. The van der Waals surface area contributed by atoms with Crippen LogP contribution in [0.15, 0.2) is 54.6 Å². The lowest BCUT2D eigenvalue weighted by Crippen LogP contribution is -2.33. The van der Waals surface area contributed by atoms with Crippen LogP contribution in [0.3, 0.4) is 0 Å².